The Bertz CT molecular complexity index is 504. The van der Waals surface area contributed by atoms with E-state index in [-0.39, 0.29) is 30.5 Å². The van der Waals surface area contributed by atoms with Gasteiger partial charge in [-0.3, -0.25) is 9.59 Å². The fourth-order valence-corrected chi connectivity index (χ4v) is 5.47. The van der Waals surface area contributed by atoms with Gasteiger partial charge in [0.2, 0.25) is 0 Å². The van der Waals surface area contributed by atoms with E-state index < -0.39 is 17.4 Å². The van der Waals surface area contributed by atoms with Crippen LogP contribution in [-0.2, 0) is 19.1 Å². The van der Waals surface area contributed by atoms with Crippen LogP contribution in [0.5, 0.6) is 0 Å². The summed E-state index contributed by atoms with van der Waals surface area (Å²) in [5.41, 5.74) is -0.816. The third kappa shape index (κ3) is 2.84. The molecule has 0 aromatic heterocycles. The van der Waals surface area contributed by atoms with Gasteiger partial charge < -0.3 is 19.7 Å². The predicted molar refractivity (Wildman–Crippen MR) is 83.6 cm³/mol. The number of carboxylic acids is 2. The number of aliphatic carboxylic acids is 2. The molecule has 0 spiro atoms. The van der Waals surface area contributed by atoms with E-state index in [1.165, 1.54) is 0 Å². The van der Waals surface area contributed by atoms with Crippen LogP contribution in [0, 0.1) is 17.3 Å². The van der Waals surface area contributed by atoms with E-state index in [0.717, 1.165) is 38.5 Å². The minimum Gasteiger partial charge on any atom is -0.481 e. The summed E-state index contributed by atoms with van der Waals surface area (Å²) >= 11 is 0. The van der Waals surface area contributed by atoms with Gasteiger partial charge >= 0.3 is 11.9 Å². The highest BCUT2D eigenvalue weighted by Gasteiger charge is 2.59. The van der Waals surface area contributed by atoms with Crippen LogP contribution < -0.4 is 0 Å². The molecule has 6 heteroatoms. The smallest absolute Gasteiger partial charge is 0.310 e. The summed E-state index contributed by atoms with van der Waals surface area (Å²) in [6.07, 6.45) is 7.35. The SMILES string of the molecule is O=C(O)CCCC(C(=O)O)(C1CCC2OC2C1)C1CCC2OC2C1. The number of rotatable bonds is 7. The standard InChI is InChI=1S/C18H26O6/c19-16(20)2-1-7-18(17(21)22,10-3-5-12-14(8-10)23-12)11-4-6-13-15(9-11)24-13/h10-15H,1-9H2,(H,19,20)(H,21,22). The normalized spacial score (nSPS) is 42.3. The maximum Gasteiger partial charge on any atom is 0.310 e. The molecular weight excluding hydrogens is 312 g/mol. The largest absolute Gasteiger partial charge is 0.481 e. The van der Waals surface area contributed by atoms with Gasteiger partial charge in [0.25, 0.3) is 0 Å². The van der Waals surface area contributed by atoms with Gasteiger partial charge in [0, 0.05) is 6.42 Å². The molecule has 2 N–H and O–H groups in total. The molecule has 6 unspecified atom stereocenters. The molecule has 2 aliphatic carbocycles. The summed E-state index contributed by atoms with van der Waals surface area (Å²) in [7, 11) is 0. The molecule has 2 saturated heterocycles. The average molecular weight is 338 g/mol. The second-order valence-electron chi connectivity index (χ2n) is 8.04. The van der Waals surface area contributed by atoms with E-state index >= 15 is 0 Å². The molecule has 2 aliphatic heterocycles. The van der Waals surface area contributed by atoms with Crippen LogP contribution in [-0.4, -0.2) is 46.6 Å². The summed E-state index contributed by atoms with van der Waals surface area (Å²) in [6.45, 7) is 0. The van der Waals surface area contributed by atoms with Crippen molar-refractivity contribution in [2.75, 3.05) is 0 Å². The third-order valence-corrected chi connectivity index (χ3v) is 6.84. The summed E-state index contributed by atoms with van der Waals surface area (Å²) in [4.78, 5) is 23.4. The molecule has 2 saturated carbocycles. The first-order valence-electron chi connectivity index (χ1n) is 9.27. The number of epoxide rings is 2. The minimum atomic E-state index is -0.849. The van der Waals surface area contributed by atoms with E-state index in [9.17, 15) is 14.7 Å². The molecule has 6 nitrogen and oxygen atoms in total. The Morgan fingerprint density at radius 2 is 1.42 bits per heavy atom. The first kappa shape index (κ1) is 16.3. The third-order valence-electron chi connectivity index (χ3n) is 6.84. The second-order valence-corrected chi connectivity index (χ2v) is 8.04. The van der Waals surface area contributed by atoms with E-state index in [2.05, 4.69) is 0 Å². The Morgan fingerprint density at radius 1 is 0.875 bits per heavy atom. The minimum absolute atomic E-state index is 0.0412. The number of fused-ring (bicyclic) bond motifs is 2. The lowest BCUT2D eigenvalue weighted by molar-refractivity contribution is -0.161. The van der Waals surface area contributed by atoms with Crippen molar-refractivity contribution in [2.24, 2.45) is 17.3 Å². The summed E-state index contributed by atoms with van der Waals surface area (Å²) < 4.78 is 11.3. The molecular formula is C18H26O6. The van der Waals surface area contributed by atoms with Crippen molar-refractivity contribution in [3.63, 3.8) is 0 Å². The zero-order valence-corrected chi connectivity index (χ0v) is 13.9. The van der Waals surface area contributed by atoms with Gasteiger partial charge in [-0.15, -0.1) is 0 Å². The van der Waals surface area contributed by atoms with Crippen molar-refractivity contribution in [2.45, 2.75) is 82.2 Å². The Hall–Kier alpha value is -1.14. The van der Waals surface area contributed by atoms with Gasteiger partial charge in [0.1, 0.15) is 0 Å². The molecule has 24 heavy (non-hydrogen) atoms. The molecule has 0 aromatic rings. The van der Waals surface area contributed by atoms with Crippen molar-refractivity contribution in [3.8, 4) is 0 Å². The lowest BCUT2D eigenvalue weighted by atomic mass is 9.57. The number of carboxylic acid groups (broad SMARTS) is 2. The van der Waals surface area contributed by atoms with E-state index in [1.807, 2.05) is 0 Å². The van der Waals surface area contributed by atoms with Crippen LogP contribution >= 0.6 is 0 Å². The molecule has 6 atom stereocenters. The lowest BCUT2D eigenvalue weighted by Crippen LogP contribution is -2.48. The number of ether oxygens (including phenoxy) is 2. The van der Waals surface area contributed by atoms with Crippen LogP contribution in [0.3, 0.4) is 0 Å². The number of hydrogen-bond donors (Lipinski definition) is 2. The zero-order valence-electron chi connectivity index (χ0n) is 13.9. The topological polar surface area (TPSA) is 99.7 Å². The molecule has 4 rings (SSSR count). The molecule has 134 valence electrons. The highest BCUT2D eigenvalue weighted by atomic mass is 16.6. The Morgan fingerprint density at radius 3 is 1.83 bits per heavy atom. The van der Waals surface area contributed by atoms with E-state index in [4.69, 9.17) is 14.6 Å². The Balaban J connectivity index is 1.57. The molecule has 4 aliphatic rings. The predicted octanol–water partition coefficient (Wildman–Crippen LogP) is 2.45. The molecule has 0 bridgehead atoms. The fraction of sp³-hybridized carbons (Fsp3) is 0.889. The van der Waals surface area contributed by atoms with E-state index in [1.54, 1.807) is 0 Å². The Kier molecular flexibility index (Phi) is 4.07. The average Bonchev–Trinajstić information content (AvgIpc) is 3.43. The van der Waals surface area contributed by atoms with Crippen LogP contribution in [0.25, 0.3) is 0 Å². The Labute approximate surface area is 141 Å². The van der Waals surface area contributed by atoms with Crippen LogP contribution in [0.2, 0.25) is 0 Å². The molecule has 0 aromatic carbocycles. The number of hydrogen-bond acceptors (Lipinski definition) is 4. The van der Waals surface area contributed by atoms with Gasteiger partial charge in [-0.2, -0.15) is 0 Å². The maximum absolute atomic E-state index is 12.5. The van der Waals surface area contributed by atoms with Gasteiger partial charge in [0.15, 0.2) is 0 Å². The molecule has 0 amide bonds. The first-order valence-corrected chi connectivity index (χ1v) is 9.27. The van der Waals surface area contributed by atoms with Crippen molar-refractivity contribution in [1.29, 1.82) is 0 Å². The van der Waals surface area contributed by atoms with Crippen LogP contribution in [0.1, 0.15) is 57.8 Å². The lowest BCUT2D eigenvalue weighted by Gasteiger charge is -2.45. The van der Waals surface area contributed by atoms with Crippen LogP contribution in [0.4, 0.5) is 0 Å². The molecule has 0 radical (unpaired) electrons. The molecule has 4 fully saturated rings. The first-order chi connectivity index (χ1) is 11.5. The van der Waals surface area contributed by atoms with Crippen molar-refractivity contribution in [1.82, 2.24) is 0 Å². The van der Waals surface area contributed by atoms with E-state index in [0.29, 0.717) is 25.0 Å². The fourth-order valence-electron chi connectivity index (χ4n) is 5.47. The maximum atomic E-state index is 12.5. The monoisotopic (exact) mass is 338 g/mol. The van der Waals surface area contributed by atoms with Gasteiger partial charge in [-0.1, -0.05) is 0 Å². The highest BCUT2D eigenvalue weighted by molar-refractivity contribution is 5.76. The van der Waals surface area contributed by atoms with Crippen molar-refractivity contribution < 1.29 is 29.3 Å². The summed E-state index contributed by atoms with van der Waals surface area (Å²) in [5, 5.41) is 19.2. The zero-order chi connectivity index (χ0) is 16.9. The highest BCUT2D eigenvalue weighted by Crippen LogP contribution is 2.56. The summed E-state index contributed by atoms with van der Waals surface area (Å²) in [5.74, 6) is -1.40. The van der Waals surface area contributed by atoms with Crippen molar-refractivity contribution >= 4 is 11.9 Å². The van der Waals surface area contributed by atoms with Crippen LogP contribution in [0.15, 0.2) is 0 Å². The summed E-state index contributed by atoms with van der Waals surface area (Å²) in [6, 6.07) is 0. The van der Waals surface area contributed by atoms with Gasteiger partial charge in [0.05, 0.1) is 29.8 Å². The van der Waals surface area contributed by atoms with Gasteiger partial charge in [-0.25, -0.2) is 0 Å². The molecule has 2 heterocycles. The second kappa shape index (κ2) is 5.99. The quantitative estimate of drug-likeness (QED) is 0.692. The number of carbonyl (C=O) groups is 2. The van der Waals surface area contributed by atoms with Crippen molar-refractivity contribution in [3.05, 3.63) is 0 Å². The van der Waals surface area contributed by atoms with Gasteiger partial charge in [-0.05, 0) is 63.2 Å².